The molecule has 1 heterocycles. The summed E-state index contributed by atoms with van der Waals surface area (Å²) in [6, 6.07) is 7.48. The lowest BCUT2D eigenvalue weighted by Gasteiger charge is -2.04. The number of para-hydroxylation sites is 1. The maximum atomic E-state index is 9.56. The zero-order valence-corrected chi connectivity index (χ0v) is 7.70. The Kier molecular flexibility index (Phi) is 1.69. The molecule has 0 atom stereocenters. The van der Waals surface area contributed by atoms with Crippen LogP contribution in [0.15, 0.2) is 24.3 Å². The molecule has 0 aliphatic heterocycles. The summed E-state index contributed by atoms with van der Waals surface area (Å²) in [4.78, 5) is 4.29. The third-order valence-corrected chi connectivity index (χ3v) is 2.15. The first-order chi connectivity index (χ1) is 6.18. The molecule has 1 aromatic carbocycles. The lowest BCUT2D eigenvalue weighted by Crippen LogP contribution is -1.87. The predicted octanol–water partition coefficient (Wildman–Crippen LogP) is 2.56. The van der Waals surface area contributed by atoms with Crippen molar-refractivity contribution in [2.45, 2.75) is 13.8 Å². The van der Waals surface area contributed by atoms with Gasteiger partial charge in [-0.25, -0.2) is 4.98 Å². The summed E-state index contributed by atoms with van der Waals surface area (Å²) in [6.07, 6.45) is 0. The highest BCUT2D eigenvalue weighted by Gasteiger charge is 2.03. The zero-order valence-electron chi connectivity index (χ0n) is 7.70. The van der Waals surface area contributed by atoms with Gasteiger partial charge in [-0.3, -0.25) is 0 Å². The number of hydrogen-bond donors (Lipinski definition) is 1. The molecule has 66 valence electrons. The van der Waals surface area contributed by atoms with Gasteiger partial charge in [0.1, 0.15) is 11.3 Å². The van der Waals surface area contributed by atoms with E-state index in [9.17, 15) is 5.11 Å². The van der Waals surface area contributed by atoms with Gasteiger partial charge in [0, 0.05) is 11.1 Å². The number of fused-ring (bicyclic) bond motifs is 1. The van der Waals surface area contributed by atoms with Crippen LogP contribution in [0.1, 0.15) is 11.3 Å². The monoisotopic (exact) mass is 173 g/mol. The summed E-state index contributed by atoms with van der Waals surface area (Å²) in [5.41, 5.74) is 2.78. The highest BCUT2D eigenvalue weighted by Crippen LogP contribution is 2.24. The molecular weight excluding hydrogens is 162 g/mol. The quantitative estimate of drug-likeness (QED) is 0.664. The molecule has 0 unspecified atom stereocenters. The number of hydrogen-bond acceptors (Lipinski definition) is 2. The van der Waals surface area contributed by atoms with Crippen LogP contribution in [0.4, 0.5) is 0 Å². The lowest BCUT2D eigenvalue weighted by molar-refractivity contribution is 0.480. The fourth-order valence-electron chi connectivity index (χ4n) is 1.57. The van der Waals surface area contributed by atoms with E-state index in [0.29, 0.717) is 5.52 Å². The first-order valence-electron chi connectivity index (χ1n) is 4.24. The third kappa shape index (κ3) is 1.24. The van der Waals surface area contributed by atoms with Crippen LogP contribution in [0.2, 0.25) is 0 Å². The van der Waals surface area contributed by atoms with Gasteiger partial charge in [0.05, 0.1) is 0 Å². The molecule has 0 aliphatic carbocycles. The molecule has 2 nitrogen and oxygen atoms in total. The number of phenols is 1. The molecule has 0 bridgehead atoms. The minimum Gasteiger partial charge on any atom is -0.506 e. The minimum atomic E-state index is 0.254. The Hall–Kier alpha value is -1.57. The molecular formula is C11H11NO. The highest BCUT2D eigenvalue weighted by molar-refractivity contribution is 5.87. The number of aryl methyl sites for hydroxylation is 2. The Bertz CT molecular complexity index is 463. The molecule has 1 N–H and O–H groups in total. The van der Waals surface area contributed by atoms with Crippen LogP contribution >= 0.6 is 0 Å². The van der Waals surface area contributed by atoms with Gasteiger partial charge in [-0.1, -0.05) is 12.1 Å². The molecule has 0 aliphatic rings. The summed E-state index contributed by atoms with van der Waals surface area (Å²) < 4.78 is 0. The van der Waals surface area contributed by atoms with Gasteiger partial charge in [-0.15, -0.1) is 0 Å². The summed E-state index contributed by atoms with van der Waals surface area (Å²) in [5, 5.41) is 10.6. The molecule has 0 saturated heterocycles. The Balaban J connectivity index is 2.94. The van der Waals surface area contributed by atoms with Crippen molar-refractivity contribution in [3.05, 3.63) is 35.5 Å². The van der Waals surface area contributed by atoms with Crippen molar-refractivity contribution < 1.29 is 5.11 Å². The van der Waals surface area contributed by atoms with Gasteiger partial charge in [0.25, 0.3) is 0 Å². The van der Waals surface area contributed by atoms with Crippen molar-refractivity contribution in [2.75, 3.05) is 0 Å². The van der Waals surface area contributed by atoms with Gasteiger partial charge in [0.2, 0.25) is 0 Å². The van der Waals surface area contributed by atoms with Crippen LogP contribution in [-0.4, -0.2) is 10.1 Å². The van der Waals surface area contributed by atoms with Crippen LogP contribution in [0.3, 0.4) is 0 Å². The highest BCUT2D eigenvalue weighted by atomic mass is 16.3. The molecule has 1 aromatic heterocycles. The molecule has 0 fully saturated rings. The molecule has 13 heavy (non-hydrogen) atoms. The van der Waals surface area contributed by atoms with Crippen molar-refractivity contribution in [1.29, 1.82) is 0 Å². The summed E-state index contributed by atoms with van der Waals surface area (Å²) in [6.45, 7) is 3.95. The number of aromatic nitrogens is 1. The average Bonchev–Trinajstić information content (AvgIpc) is 2.07. The largest absolute Gasteiger partial charge is 0.506 e. The number of nitrogens with zero attached hydrogens (tertiary/aromatic N) is 1. The van der Waals surface area contributed by atoms with Crippen molar-refractivity contribution in [3.63, 3.8) is 0 Å². The van der Waals surface area contributed by atoms with Crippen molar-refractivity contribution in [3.8, 4) is 5.75 Å². The van der Waals surface area contributed by atoms with Gasteiger partial charge in [0.15, 0.2) is 0 Å². The predicted molar refractivity (Wildman–Crippen MR) is 52.9 cm³/mol. The van der Waals surface area contributed by atoms with E-state index in [4.69, 9.17) is 0 Å². The van der Waals surface area contributed by atoms with Gasteiger partial charge >= 0.3 is 0 Å². The van der Waals surface area contributed by atoms with E-state index in [2.05, 4.69) is 4.98 Å². The second-order valence-electron chi connectivity index (χ2n) is 3.25. The topological polar surface area (TPSA) is 33.1 Å². The number of benzene rings is 1. The maximum Gasteiger partial charge on any atom is 0.141 e. The van der Waals surface area contributed by atoms with Crippen LogP contribution in [-0.2, 0) is 0 Å². The van der Waals surface area contributed by atoms with E-state index in [-0.39, 0.29) is 5.75 Å². The molecule has 2 rings (SSSR count). The normalized spacial score (nSPS) is 10.6. The molecule has 0 saturated carbocycles. The maximum absolute atomic E-state index is 9.56. The number of phenolic OH excluding ortho intramolecular Hbond substituents is 1. The zero-order chi connectivity index (χ0) is 9.42. The fraction of sp³-hybridized carbons (Fsp3) is 0.182. The molecule has 0 spiro atoms. The van der Waals surface area contributed by atoms with E-state index in [1.54, 1.807) is 6.07 Å². The van der Waals surface area contributed by atoms with Gasteiger partial charge in [-0.2, -0.15) is 0 Å². The van der Waals surface area contributed by atoms with E-state index >= 15 is 0 Å². The van der Waals surface area contributed by atoms with E-state index in [1.807, 2.05) is 32.0 Å². The Morgan fingerprint density at radius 2 is 2.00 bits per heavy atom. The summed E-state index contributed by atoms with van der Waals surface area (Å²) >= 11 is 0. The lowest BCUT2D eigenvalue weighted by atomic mass is 10.1. The first kappa shape index (κ1) is 8.05. The second-order valence-corrected chi connectivity index (χ2v) is 3.25. The van der Waals surface area contributed by atoms with Gasteiger partial charge in [-0.05, 0) is 31.5 Å². The van der Waals surface area contributed by atoms with Crippen molar-refractivity contribution in [2.24, 2.45) is 0 Å². The standard InChI is InChI=1S/C11H11NO/c1-7-6-8(2)12-11-9(7)4-3-5-10(11)13/h3-6,13H,1-2H3. The second kappa shape index (κ2) is 2.73. The van der Waals surface area contributed by atoms with Crippen LogP contribution in [0.25, 0.3) is 10.9 Å². The molecule has 0 amide bonds. The van der Waals surface area contributed by atoms with Crippen molar-refractivity contribution in [1.82, 2.24) is 4.98 Å². The smallest absolute Gasteiger partial charge is 0.141 e. The Morgan fingerprint density at radius 3 is 2.77 bits per heavy atom. The first-order valence-corrected chi connectivity index (χ1v) is 4.24. The van der Waals surface area contributed by atoms with Gasteiger partial charge < -0.3 is 5.11 Å². The third-order valence-electron chi connectivity index (χ3n) is 2.15. The Morgan fingerprint density at radius 1 is 1.23 bits per heavy atom. The minimum absolute atomic E-state index is 0.254. The van der Waals surface area contributed by atoms with Crippen LogP contribution < -0.4 is 0 Å². The molecule has 2 aromatic rings. The number of rotatable bonds is 0. The molecule has 0 radical (unpaired) electrons. The SMILES string of the molecule is Cc1cc(C)c2cccc(O)c2n1. The van der Waals surface area contributed by atoms with E-state index in [1.165, 1.54) is 0 Å². The molecule has 2 heteroatoms. The fourth-order valence-corrected chi connectivity index (χ4v) is 1.57. The van der Waals surface area contributed by atoms with E-state index in [0.717, 1.165) is 16.6 Å². The summed E-state index contributed by atoms with van der Waals surface area (Å²) in [7, 11) is 0. The van der Waals surface area contributed by atoms with Crippen LogP contribution in [0, 0.1) is 13.8 Å². The van der Waals surface area contributed by atoms with Crippen molar-refractivity contribution >= 4 is 10.9 Å². The van der Waals surface area contributed by atoms with Crippen LogP contribution in [0.5, 0.6) is 5.75 Å². The number of aromatic hydroxyl groups is 1. The average molecular weight is 173 g/mol. The Labute approximate surface area is 76.9 Å². The summed E-state index contributed by atoms with van der Waals surface area (Å²) in [5.74, 6) is 0.254. The number of pyridine rings is 1. The van der Waals surface area contributed by atoms with E-state index < -0.39 is 0 Å².